The van der Waals surface area contributed by atoms with E-state index in [0.717, 1.165) is 6.42 Å². The number of aromatic hydroxyl groups is 1. The molecule has 0 radical (unpaired) electrons. The summed E-state index contributed by atoms with van der Waals surface area (Å²) in [6, 6.07) is 4.24. The van der Waals surface area contributed by atoms with E-state index >= 15 is 0 Å². The first-order valence-electron chi connectivity index (χ1n) is 7.31. The van der Waals surface area contributed by atoms with Crippen molar-refractivity contribution in [3.63, 3.8) is 0 Å². The molecule has 0 bridgehead atoms. The number of nitrogens with two attached hydrogens (primary N) is 1. The highest BCUT2D eigenvalue weighted by Crippen LogP contribution is 2.46. The Hall–Kier alpha value is -2.54. The Morgan fingerprint density at radius 3 is 2.78 bits per heavy atom. The lowest BCUT2D eigenvalue weighted by atomic mass is 10.1. The lowest BCUT2D eigenvalue weighted by Crippen LogP contribution is -2.49. The smallest absolute Gasteiger partial charge is 0.339 e. The standard InChI is InChI=1S/C16H21N3O4/c1-10-8-16(10,9-20)23-13-6-11(5-12(21)7-13)15(22)19-14(17)3-4-18-2/h3-7,10,18,20-21H,8-9H2,1-2H3,(H2,17,19,22)/p+1/b4-3-. The van der Waals surface area contributed by atoms with Gasteiger partial charge in [0.2, 0.25) is 0 Å². The number of hydrogen-bond donors (Lipinski definition) is 5. The Labute approximate surface area is 134 Å². The molecule has 124 valence electrons. The third-order valence-corrected chi connectivity index (χ3v) is 3.82. The van der Waals surface area contributed by atoms with E-state index in [9.17, 15) is 15.0 Å². The Balaban J connectivity index is 2.12. The number of hydrogen-bond acceptors (Lipinski definition) is 5. The van der Waals surface area contributed by atoms with Crippen molar-refractivity contribution in [2.45, 2.75) is 18.9 Å². The van der Waals surface area contributed by atoms with Crippen LogP contribution in [0.4, 0.5) is 0 Å². The molecule has 7 nitrogen and oxygen atoms in total. The fraction of sp³-hybridized carbons (Fsp3) is 0.375. The Morgan fingerprint density at radius 2 is 2.22 bits per heavy atom. The molecule has 0 spiro atoms. The molecule has 2 atom stereocenters. The van der Waals surface area contributed by atoms with Crippen LogP contribution in [0.15, 0.2) is 30.5 Å². The highest BCUT2D eigenvalue weighted by atomic mass is 16.5. The molecule has 1 aliphatic rings. The molecule has 0 saturated heterocycles. The van der Waals surface area contributed by atoms with E-state index in [4.69, 9.17) is 10.1 Å². The van der Waals surface area contributed by atoms with Crippen molar-refractivity contribution >= 4 is 11.7 Å². The Morgan fingerprint density at radius 1 is 1.52 bits per heavy atom. The fourth-order valence-electron chi connectivity index (χ4n) is 2.28. The van der Waals surface area contributed by atoms with Gasteiger partial charge in [-0.15, -0.1) is 0 Å². The number of carbonyl (C=O) groups excluding carboxylic acids is 1. The summed E-state index contributed by atoms with van der Waals surface area (Å²) in [6.07, 6.45) is 3.81. The Kier molecular flexibility index (Phi) is 4.90. The molecule has 0 heterocycles. The van der Waals surface area contributed by atoms with Gasteiger partial charge in [0.05, 0.1) is 12.2 Å². The van der Waals surface area contributed by atoms with Gasteiger partial charge in [0, 0.05) is 31.3 Å². The first-order chi connectivity index (χ1) is 10.9. The first kappa shape index (κ1) is 16.8. The summed E-state index contributed by atoms with van der Waals surface area (Å²) >= 11 is 0. The minimum absolute atomic E-state index is 0.0987. The summed E-state index contributed by atoms with van der Waals surface area (Å²) in [6.45, 7) is 1.86. The highest BCUT2D eigenvalue weighted by Gasteiger charge is 2.53. The van der Waals surface area contributed by atoms with Gasteiger partial charge in [0.25, 0.3) is 5.84 Å². The number of carbonyl (C=O) groups is 1. The monoisotopic (exact) mass is 320 g/mol. The topological polar surface area (TPSA) is 116 Å². The molecule has 1 fully saturated rings. The second kappa shape index (κ2) is 6.70. The van der Waals surface area contributed by atoms with Crippen molar-refractivity contribution < 1.29 is 25.2 Å². The lowest BCUT2D eigenvalue weighted by molar-refractivity contribution is -0.115. The van der Waals surface area contributed by atoms with Gasteiger partial charge in [0.1, 0.15) is 17.1 Å². The molecule has 6 N–H and O–H groups in total. The predicted octanol–water partition coefficient (Wildman–Crippen LogP) is -0.838. The Bertz CT molecular complexity index is 640. The van der Waals surface area contributed by atoms with Crippen molar-refractivity contribution in [1.82, 2.24) is 10.6 Å². The number of nitrogens with one attached hydrogen (secondary N) is 2. The number of rotatable bonds is 6. The third kappa shape index (κ3) is 4.01. The number of aliphatic hydroxyl groups is 1. The molecule has 2 rings (SSSR count). The second-order valence-electron chi connectivity index (χ2n) is 5.68. The van der Waals surface area contributed by atoms with E-state index in [1.54, 1.807) is 13.2 Å². The van der Waals surface area contributed by atoms with Crippen LogP contribution in [-0.4, -0.2) is 41.2 Å². The van der Waals surface area contributed by atoms with Gasteiger partial charge in [-0.3, -0.25) is 5.41 Å². The zero-order valence-corrected chi connectivity index (χ0v) is 13.2. The van der Waals surface area contributed by atoms with Crippen LogP contribution < -0.4 is 20.8 Å². The van der Waals surface area contributed by atoms with Crippen LogP contribution in [0, 0.1) is 5.92 Å². The summed E-state index contributed by atoms with van der Waals surface area (Å²) < 4.78 is 5.76. The van der Waals surface area contributed by atoms with Gasteiger partial charge in [-0.25, -0.2) is 10.1 Å². The van der Waals surface area contributed by atoms with Gasteiger partial charge >= 0.3 is 5.91 Å². The first-order valence-corrected chi connectivity index (χ1v) is 7.31. The van der Waals surface area contributed by atoms with Crippen LogP contribution in [0.25, 0.3) is 0 Å². The van der Waals surface area contributed by atoms with Crippen molar-refractivity contribution in [3.8, 4) is 11.5 Å². The maximum Gasteiger partial charge on any atom is 0.339 e. The number of aliphatic hydroxyl groups excluding tert-OH is 1. The number of phenols is 1. The van der Waals surface area contributed by atoms with Crippen LogP contribution in [0.2, 0.25) is 0 Å². The summed E-state index contributed by atoms with van der Waals surface area (Å²) in [5.41, 5.74) is -0.412. The maximum absolute atomic E-state index is 12.2. The number of ether oxygens (including phenoxy) is 1. The normalized spacial score (nSPS) is 22.7. The number of amidine groups is 1. The van der Waals surface area contributed by atoms with Crippen molar-refractivity contribution in [3.05, 3.63) is 36.0 Å². The lowest BCUT2D eigenvalue weighted by Gasteiger charge is -2.17. The van der Waals surface area contributed by atoms with Gasteiger partial charge < -0.3 is 20.3 Å². The molecule has 2 unspecified atom stereocenters. The van der Waals surface area contributed by atoms with E-state index in [2.05, 4.69) is 10.6 Å². The predicted molar refractivity (Wildman–Crippen MR) is 84.9 cm³/mol. The molecule has 7 heteroatoms. The van der Waals surface area contributed by atoms with E-state index in [0.29, 0.717) is 5.75 Å². The number of amides is 1. The van der Waals surface area contributed by atoms with Crippen LogP contribution in [0.3, 0.4) is 0 Å². The minimum Gasteiger partial charge on any atom is -0.508 e. The van der Waals surface area contributed by atoms with Gasteiger partial charge in [-0.05, 0) is 18.6 Å². The molecule has 23 heavy (non-hydrogen) atoms. The van der Waals surface area contributed by atoms with Crippen LogP contribution in [0.5, 0.6) is 11.5 Å². The molecule has 1 aliphatic carbocycles. The van der Waals surface area contributed by atoms with Crippen molar-refractivity contribution in [2.24, 2.45) is 5.92 Å². The molecule has 0 aromatic heterocycles. The SMILES string of the molecule is CN/C=C\C(=[NH2+])NC(=O)c1cc(O)cc(OC2(CO)CC2C)c1. The van der Waals surface area contributed by atoms with Crippen LogP contribution >= 0.6 is 0 Å². The van der Waals surface area contributed by atoms with Crippen LogP contribution in [0.1, 0.15) is 23.7 Å². The summed E-state index contributed by atoms with van der Waals surface area (Å²) in [5.74, 6) is 0.155. The maximum atomic E-state index is 12.2. The molecule has 0 aliphatic heterocycles. The minimum atomic E-state index is -0.623. The van der Waals surface area contributed by atoms with Crippen LogP contribution in [-0.2, 0) is 0 Å². The molecule has 1 aromatic rings. The van der Waals surface area contributed by atoms with E-state index in [1.807, 2.05) is 6.92 Å². The summed E-state index contributed by atoms with van der Waals surface area (Å²) in [7, 11) is 1.71. The molecule has 1 saturated carbocycles. The summed E-state index contributed by atoms with van der Waals surface area (Å²) in [4.78, 5) is 12.2. The fourth-order valence-corrected chi connectivity index (χ4v) is 2.28. The average Bonchev–Trinajstić information content (AvgIpc) is 3.14. The average molecular weight is 320 g/mol. The summed E-state index contributed by atoms with van der Waals surface area (Å²) in [5, 5.41) is 30.1. The van der Waals surface area contributed by atoms with Gasteiger partial charge in [0.15, 0.2) is 0 Å². The highest BCUT2D eigenvalue weighted by molar-refractivity contribution is 6.08. The van der Waals surface area contributed by atoms with Crippen molar-refractivity contribution in [1.29, 1.82) is 0 Å². The molecule has 1 amide bonds. The van der Waals surface area contributed by atoms with E-state index in [1.165, 1.54) is 24.3 Å². The second-order valence-corrected chi connectivity index (χ2v) is 5.68. The number of benzene rings is 1. The quantitative estimate of drug-likeness (QED) is 0.346. The van der Waals surface area contributed by atoms with Gasteiger partial charge in [-0.2, -0.15) is 0 Å². The zero-order valence-electron chi connectivity index (χ0n) is 13.2. The van der Waals surface area contributed by atoms with E-state index < -0.39 is 11.5 Å². The third-order valence-electron chi connectivity index (χ3n) is 3.82. The zero-order chi connectivity index (χ0) is 17.0. The van der Waals surface area contributed by atoms with Crippen molar-refractivity contribution in [2.75, 3.05) is 13.7 Å². The van der Waals surface area contributed by atoms with E-state index in [-0.39, 0.29) is 29.7 Å². The van der Waals surface area contributed by atoms with Gasteiger partial charge in [-0.1, -0.05) is 6.92 Å². The molecule has 1 aromatic carbocycles. The molecular formula is C16H22N3O4+. The largest absolute Gasteiger partial charge is 0.508 e. The number of phenolic OH excluding ortho intramolecular Hbond substituents is 1. The molecular weight excluding hydrogens is 298 g/mol.